The normalized spacial score (nSPS) is 30.3. The van der Waals surface area contributed by atoms with Crippen LogP contribution < -0.4 is 4.74 Å². The molecule has 2 aliphatic carbocycles. The molecule has 5 N–H and O–H groups in total. The van der Waals surface area contributed by atoms with Gasteiger partial charge in [-0.05, 0) is 13.0 Å². The summed E-state index contributed by atoms with van der Waals surface area (Å²) in [4.78, 5) is 42.3. The van der Waals surface area contributed by atoms with E-state index in [1.165, 1.54) is 25.3 Å². The monoisotopic (exact) mass is 613 g/mol. The highest BCUT2D eigenvalue weighted by atomic mass is 16.7. The van der Waals surface area contributed by atoms with E-state index >= 15 is 0 Å². The van der Waals surface area contributed by atoms with E-state index in [1.54, 1.807) is 6.92 Å². The Labute approximate surface area is 252 Å². The number of aromatic hydroxyl groups is 2. The van der Waals surface area contributed by atoms with Gasteiger partial charge in [0.1, 0.15) is 29.5 Å². The number of fused-ring (bicyclic) bond motifs is 3. The number of ether oxygens (including phenoxy) is 4. The van der Waals surface area contributed by atoms with Crippen molar-refractivity contribution in [2.24, 2.45) is 0 Å². The third-order valence-corrected chi connectivity index (χ3v) is 9.24. The minimum atomic E-state index is -2.24. The van der Waals surface area contributed by atoms with Gasteiger partial charge in [-0.25, -0.2) is 0 Å². The molecule has 6 atom stereocenters. The van der Waals surface area contributed by atoms with Gasteiger partial charge in [0, 0.05) is 55.1 Å². The van der Waals surface area contributed by atoms with Crippen LogP contribution in [0.25, 0.3) is 0 Å². The molecule has 236 valence electrons. The minimum absolute atomic E-state index is 0.0425. The van der Waals surface area contributed by atoms with E-state index in [1.807, 2.05) is 0 Å². The highest BCUT2D eigenvalue weighted by molar-refractivity contribution is 6.31. The number of benzene rings is 2. The molecule has 0 radical (unpaired) electrons. The smallest absolute Gasteiger partial charge is 0.202 e. The van der Waals surface area contributed by atoms with Crippen molar-refractivity contribution in [2.45, 2.75) is 62.4 Å². The lowest BCUT2D eigenvalue weighted by Gasteiger charge is -2.46. The summed E-state index contributed by atoms with van der Waals surface area (Å²) in [5.74, 6) is -3.68. The first-order valence-corrected chi connectivity index (χ1v) is 14.5. The molecule has 0 saturated carbocycles. The van der Waals surface area contributed by atoms with Crippen LogP contribution >= 0.6 is 0 Å². The van der Waals surface area contributed by atoms with Crippen molar-refractivity contribution in [1.29, 1.82) is 0 Å². The van der Waals surface area contributed by atoms with Gasteiger partial charge in [-0.1, -0.05) is 12.1 Å². The number of carbonyl (C=O) groups is 3. The van der Waals surface area contributed by atoms with Crippen molar-refractivity contribution < 1.29 is 58.9 Å². The Kier molecular flexibility index (Phi) is 7.99. The van der Waals surface area contributed by atoms with Gasteiger partial charge in [-0.2, -0.15) is 0 Å². The Hall–Kier alpha value is -3.43. The lowest BCUT2D eigenvalue weighted by atomic mass is 9.72. The van der Waals surface area contributed by atoms with Crippen LogP contribution in [-0.4, -0.2) is 118 Å². The Bertz CT molecular complexity index is 1520. The average molecular weight is 614 g/mol. The second-order valence-electron chi connectivity index (χ2n) is 11.7. The van der Waals surface area contributed by atoms with Crippen molar-refractivity contribution in [2.75, 3.05) is 40.0 Å². The highest BCUT2D eigenvalue weighted by Gasteiger charge is 2.50. The topological polar surface area (TPSA) is 193 Å². The second kappa shape index (κ2) is 11.5. The molecule has 3 unspecified atom stereocenters. The predicted molar refractivity (Wildman–Crippen MR) is 150 cm³/mol. The summed E-state index contributed by atoms with van der Waals surface area (Å²) >= 11 is 0. The standard InChI is InChI=1S/C31H35NO12/c1-14-26(35)17(32-6-8-42-9-7-32)10-21(43-14)44-19-12-31(40,20(34)13-33)11-16-23(19)30(39)25-24(28(16)37)27(36)15-4-3-5-18(41-2)22(15)29(25)38/h3-5,14,17,19,21,26,33,35,37,39-40H,6-13H2,1-2H3/t14-,17?,19-,21?,26?,31-/m0/s1. The van der Waals surface area contributed by atoms with Crippen LogP contribution in [0.4, 0.5) is 0 Å². The summed E-state index contributed by atoms with van der Waals surface area (Å²) in [6.45, 7) is 2.83. The number of aliphatic hydroxyl groups excluding tert-OH is 2. The largest absolute Gasteiger partial charge is 0.507 e. The second-order valence-corrected chi connectivity index (χ2v) is 11.7. The molecular weight excluding hydrogens is 578 g/mol. The molecule has 13 nitrogen and oxygen atoms in total. The molecule has 6 rings (SSSR count). The van der Waals surface area contributed by atoms with E-state index in [0.29, 0.717) is 26.3 Å². The fraction of sp³-hybridized carbons (Fsp3) is 0.516. The first-order valence-electron chi connectivity index (χ1n) is 14.5. The third-order valence-electron chi connectivity index (χ3n) is 9.24. The molecule has 0 amide bonds. The number of hydrogen-bond donors (Lipinski definition) is 5. The molecule has 0 aromatic heterocycles. The number of carbonyl (C=O) groups excluding carboxylic acids is 3. The minimum Gasteiger partial charge on any atom is -0.507 e. The summed E-state index contributed by atoms with van der Waals surface area (Å²) in [5.41, 5.74) is -3.52. The van der Waals surface area contributed by atoms with Crippen LogP contribution in [-0.2, 0) is 25.4 Å². The summed E-state index contributed by atoms with van der Waals surface area (Å²) in [6, 6.07) is 4.04. The van der Waals surface area contributed by atoms with Crippen molar-refractivity contribution in [1.82, 2.24) is 4.90 Å². The summed E-state index contributed by atoms with van der Waals surface area (Å²) in [7, 11) is 1.34. The summed E-state index contributed by atoms with van der Waals surface area (Å²) < 4.78 is 23.0. The van der Waals surface area contributed by atoms with Crippen molar-refractivity contribution >= 4 is 17.3 Å². The Morgan fingerprint density at radius 2 is 1.80 bits per heavy atom. The summed E-state index contributed by atoms with van der Waals surface area (Å²) in [6.07, 6.45) is -4.66. The van der Waals surface area contributed by atoms with E-state index in [-0.39, 0.29) is 40.5 Å². The SMILES string of the molecule is COc1cccc2c1C(=O)c1c(O)c3c(c(O)c1C2=O)C[C@@](O)(C(=O)CO)C[C@@H]3OC1CC(N2CCOCC2)C(O)[C@H](C)O1. The number of phenolic OH excluding ortho intramolecular Hbond substituents is 2. The molecule has 2 fully saturated rings. The van der Waals surface area contributed by atoms with E-state index in [2.05, 4.69) is 4.90 Å². The maximum atomic E-state index is 13.8. The number of phenols is 2. The van der Waals surface area contributed by atoms with E-state index in [0.717, 1.165) is 0 Å². The zero-order chi connectivity index (χ0) is 31.5. The summed E-state index contributed by atoms with van der Waals surface area (Å²) in [5, 5.41) is 55.2. The molecule has 2 saturated heterocycles. The molecule has 0 bridgehead atoms. The highest BCUT2D eigenvalue weighted by Crippen LogP contribution is 2.52. The lowest BCUT2D eigenvalue weighted by molar-refractivity contribution is -0.260. The molecule has 2 heterocycles. The fourth-order valence-corrected chi connectivity index (χ4v) is 6.96. The van der Waals surface area contributed by atoms with Crippen molar-refractivity contribution in [3.8, 4) is 17.2 Å². The van der Waals surface area contributed by atoms with Crippen LogP contribution in [0.2, 0.25) is 0 Å². The molecule has 4 aliphatic rings. The van der Waals surface area contributed by atoms with Crippen molar-refractivity contribution in [3.63, 3.8) is 0 Å². The van der Waals surface area contributed by atoms with Crippen LogP contribution in [0.15, 0.2) is 18.2 Å². The van der Waals surface area contributed by atoms with Gasteiger partial charge in [0.2, 0.25) is 5.78 Å². The first kappa shape index (κ1) is 30.6. The predicted octanol–water partition coefficient (Wildman–Crippen LogP) is 0.375. The van der Waals surface area contributed by atoms with Gasteiger partial charge in [-0.3, -0.25) is 19.3 Å². The third kappa shape index (κ3) is 4.79. The maximum Gasteiger partial charge on any atom is 0.202 e. The number of nitrogens with zero attached hydrogens (tertiary/aromatic N) is 1. The Morgan fingerprint density at radius 3 is 2.48 bits per heavy atom. The lowest BCUT2D eigenvalue weighted by Crippen LogP contribution is -2.58. The van der Waals surface area contributed by atoms with Crippen molar-refractivity contribution in [3.05, 3.63) is 51.6 Å². The van der Waals surface area contributed by atoms with Crippen LogP contribution in [0.3, 0.4) is 0 Å². The van der Waals surface area contributed by atoms with E-state index < -0.39 is 89.6 Å². The Balaban J connectivity index is 1.45. The first-order chi connectivity index (χ1) is 21.0. The number of aliphatic hydroxyl groups is 3. The number of morpholine rings is 1. The molecule has 2 aliphatic heterocycles. The fourth-order valence-electron chi connectivity index (χ4n) is 6.96. The average Bonchev–Trinajstić information content (AvgIpc) is 3.02. The molecule has 0 spiro atoms. The molecule has 2 aromatic rings. The zero-order valence-corrected chi connectivity index (χ0v) is 24.3. The molecule has 2 aromatic carbocycles. The van der Waals surface area contributed by atoms with Gasteiger partial charge in [0.25, 0.3) is 0 Å². The van der Waals surface area contributed by atoms with Crippen LogP contribution in [0, 0.1) is 0 Å². The van der Waals surface area contributed by atoms with Gasteiger partial charge >= 0.3 is 0 Å². The number of ketones is 3. The number of rotatable bonds is 6. The molecule has 13 heteroatoms. The number of methoxy groups -OCH3 is 1. The maximum absolute atomic E-state index is 13.8. The van der Waals surface area contributed by atoms with E-state index in [9.17, 15) is 39.9 Å². The molecule has 44 heavy (non-hydrogen) atoms. The Morgan fingerprint density at radius 1 is 1.09 bits per heavy atom. The van der Waals surface area contributed by atoms with Gasteiger partial charge in [0.15, 0.2) is 17.9 Å². The number of hydrogen-bond acceptors (Lipinski definition) is 13. The zero-order valence-electron chi connectivity index (χ0n) is 24.3. The van der Waals surface area contributed by atoms with Gasteiger partial charge in [-0.15, -0.1) is 0 Å². The quantitative estimate of drug-likeness (QED) is 0.240. The van der Waals surface area contributed by atoms with Gasteiger partial charge < -0.3 is 44.5 Å². The molecular formula is C31H35NO12. The van der Waals surface area contributed by atoms with E-state index in [4.69, 9.17) is 18.9 Å². The number of Topliss-reactive ketones (excluding diaryl/α,β-unsaturated/α-hetero) is 1. The van der Waals surface area contributed by atoms with Gasteiger partial charge in [0.05, 0.1) is 55.3 Å². The van der Waals surface area contributed by atoms with Crippen LogP contribution in [0.5, 0.6) is 17.2 Å². The van der Waals surface area contributed by atoms with Crippen LogP contribution in [0.1, 0.15) is 68.8 Å².